The minimum absolute atomic E-state index is 0.381. The molecule has 1 atom stereocenters. The largest absolute Gasteiger partial charge is 0.289 e. The molecule has 2 heteroatoms. The van der Waals surface area contributed by atoms with Crippen LogP contribution in [-0.2, 0) is 0 Å². The summed E-state index contributed by atoms with van der Waals surface area (Å²) in [5, 5.41) is 0. The molecule has 1 fully saturated rings. The van der Waals surface area contributed by atoms with Crippen LogP contribution in [0.5, 0.6) is 0 Å². The molecule has 1 nitrogen and oxygen atoms in total. The van der Waals surface area contributed by atoms with E-state index in [-0.39, 0.29) is 0 Å². The summed E-state index contributed by atoms with van der Waals surface area (Å²) in [6.07, 6.45) is 5.15. The van der Waals surface area contributed by atoms with Gasteiger partial charge in [-0.05, 0) is 59.0 Å². The summed E-state index contributed by atoms with van der Waals surface area (Å²) in [6, 6.07) is 4.25. The molecule has 0 radical (unpaired) electrons. The van der Waals surface area contributed by atoms with Crippen molar-refractivity contribution in [1.82, 2.24) is 0 Å². The van der Waals surface area contributed by atoms with Gasteiger partial charge in [-0.15, -0.1) is 0 Å². The molecule has 0 spiro atoms. The first-order valence-electron chi connectivity index (χ1n) is 6.46. The van der Waals surface area contributed by atoms with Gasteiger partial charge in [0.15, 0.2) is 5.52 Å². The summed E-state index contributed by atoms with van der Waals surface area (Å²) >= 11 is 0. The minimum atomic E-state index is 0.381. The van der Waals surface area contributed by atoms with Crippen LogP contribution in [0.4, 0.5) is 0 Å². The second-order valence-electron chi connectivity index (χ2n) is 5.23. The van der Waals surface area contributed by atoms with Crippen LogP contribution in [0.2, 0.25) is 0 Å². The molecule has 0 heterocycles. The first-order valence-corrected chi connectivity index (χ1v) is 7.54. The molecule has 0 aromatic heterocycles. The van der Waals surface area contributed by atoms with Gasteiger partial charge in [-0.1, -0.05) is 30.5 Å². The molecular formula is C15H21OP. The fraction of sp³-hybridized carbons (Fsp3) is 0.533. The van der Waals surface area contributed by atoms with E-state index in [1.165, 1.54) is 31.2 Å². The third kappa shape index (κ3) is 2.96. The van der Waals surface area contributed by atoms with Crippen molar-refractivity contribution in [1.29, 1.82) is 0 Å². The Balaban J connectivity index is 2.18. The second-order valence-corrected chi connectivity index (χ2v) is 6.79. The molecule has 0 amide bonds. The molecule has 0 aliphatic heterocycles. The maximum absolute atomic E-state index is 12.4. The predicted molar refractivity (Wildman–Crippen MR) is 75.6 cm³/mol. The van der Waals surface area contributed by atoms with E-state index in [1.807, 2.05) is 0 Å². The van der Waals surface area contributed by atoms with Crippen LogP contribution < -0.4 is 0 Å². The standard InChI is InChI=1S/C15H21OP/c1-10-8-11(2)14(12(3)9-10)15(16)17-13-6-4-5-7-13/h8-9,13,17H,4-7H2,1-3H3. The monoisotopic (exact) mass is 248 g/mol. The summed E-state index contributed by atoms with van der Waals surface area (Å²) in [5.74, 6) is 0. The van der Waals surface area contributed by atoms with E-state index in [1.54, 1.807) is 0 Å². The summed E-state index contributed by atoms with van der Waals surface area (Å²) in [5.41, 5.74) is 5.59. The molecule has 0 bridgehead atoms. The van der Waals surface area contributed by atoms with Crippen LogP contribution in [-0.4, -0.2) is 11.2 Å². The molecule has 1 aromatic rings. The lowest BCUT2D eigenvalue weighted by atomic mass is 10.0. The Bertz CT molecular complexity index is 408. The molecule has 0 saturated heterocycles. The average Bonchev–Trinajstić information content (AvgIpc) is 2.68. The van der Waals surface area contributed by atoms with Gasteiger partial charge in [-0.2, -0.15) is 0 Å². The van der Waals surface area contributed by atoms with Crippen molar-refractivity contribution in [3.63, 3.8) is 0 Å². The van der Waals surface area contributed by atoms with Gasteiger partial charge in [-0.3, -0.25) is 4.79 Å². The van der Waals surface area contributed by atoms with Crippen molar-refractivity contribution in [3.8, 4) is 0 Å². The Morgan fingerprint density at radius 2 is 1.65 bits per heavy atom. The lowest BCUT2D eigenvalue weighted by Gasteiger charge is -2.13. The van der Waals surface area contributed by atoms with E-state index in [9.17, 15) is 4.79 Å². The second kappa shape index (κ2) is 5.31. The van der Waals surface area contributed by atoms with Crippen molar-refractivity contribution in [2.75, 3.05) is 0 Å². The van der Waals surface area contributed by atoms with Gasteiger partial charge in [-0.25, -0.2) is 0 Å². The fourth-order valence-corrected chi connectivity index (χ4v) is 4.47. The van der Waals surface area contributed by atoms with E-state index >= 15 is 0 Å². The molecule has 0 N–H and O–H groups in total. The van der Waals surface area contributed by atoms with E-state index in [2.05, 4.69) is 32.9 Å². The smallest absolute Gasteiger partial charge is 0.181 e. The lowest BCUT2D eigenvalue weighted by molar-refractivity contribution is 0.108. The molecule has 1 aromatic carbocycles. The minimum Gasteiger partial charge on any atom is -0.289 e. The summed E-state index contributed by atoms with van der Waals surface area (Å²) < 4.78 is 0. The highest BCUT2D eigenvalue weighted by atomic mass is 31.1. The molecule has 17 heavy (non-hydrogen) atoms. The van der Waals surface area contributed by atoms with E-state index < -0.39 is 0 Å². The van der Waals surface area contributed by atoms with Crippen LogP contribution in [0.1, 0.15) is 52.7 Å². The zero-order valence-electron chi connectivity index (χ0n) is 11.0. The lowest BCUT2D eigenvalue weighted by Crippen LogP contribution is -2.04. The van der Waals surface area contributed by atoms with Gasteiger partial charge < -0.3 is 0 Å². The van der Waals surface area contributed by atoms with E-state index in [4.69, 9.17) is 0 Å². The third-order valence-corrected chi connectivity index (χ3v) is 5.09. The highest BCUT2D eigenvalue weighted by Gasteiger charge is 2.21. The van der Waals surface area contributed by atoms with Crippen LogP contribution in [0.25, 0.3) is 0 Å². The zero-order valence-corrected chi connectivity index (χ0v) is 12.0. The van der Waals surface area contributed by atoms with E-state index in [0.29, 0.717) is 19.8 Å². The quantitative estimate of drug-likeness (QED) is 0.726. The van der Waals surface area contributed by atoms with Crippen molar-refractivity contribution >= 4 is 14.1 Å². The Morgan fingerprint density at radius 3 is 2.18 bits per heavy atom. The molecule has 1 unspecified atom stereocenters. The normalized spacial score (nSPS) is 17.1. The number of carbonyl (C=O) groups excluding carboxylic acids is 1. The summed E-state index contributed by atoms with van der Waals surface area (Å²) in [6.45, 7) is 6.21. The van der Waals surface area contributed by atoms with Crippen LogP contribution in [0, 0.1) is 20.8 Å². The number of carbonyl (C=O) groups is 1. The number of hydrogen-bond acceptors (Lipinski definition) is 1. The van der Waals surface area contributed by atoms with Crippen molar-refractivity contribution in [2.24, 2.45) is 0 Å². The molecule has 92 valence electrons. The van der Waals surface area contributed by atoms with Crippen LogP contribution >= 0.6 is 8.58 Å². The highest BCUT2D eigenvalue weighted by molar-refractivity contribution is 7.59. The molecule has 1 aliphatic carbocycles. The molecule has 1 aliphatic rings. The van der Waals surface area contributed by atoms with Gasteiger partial charge in [0.2, 0.25) is 0 Å². The maximum atomic E-state index is 12.4. The average molecular weight is 248 g/mol. The van der Waals surface area contributed by atoms with Gasteiger partial charge >= 0.3 is 0 Å². The van der Waals surface area contributed by atoms with Gasteiger partial charge in [0.05, 0.1) is 0 Å². The molecular weight excluding hydrogens is 227 g/mol. The number of benzene rings is 1. The number of hydrogen-bond donors (Lipinski definition) is 0. The first kappa shape index (κ1) is 12.8. The predicted octanol–water partition coefficient (Wildman–Crippen LogP) is 4.37. The summed E-state index contributed by atoms with van der Waals surface area (Å²) in [7, 11) is 0.488. The van der Waals surface area contributed by atoms with E-state index in [0.717, 1.165) is 16.7 Å². The van der Waals surface area contributed by atoms with Crippen LogP contribution in [0.3, 0.4) is 0 Å². The SMILES string of the molecule is Cc1cc(C)c(C(=O)PC2CCCC2)c(C)c1. The topological polar surface area (TPSA) is 17.1 Å². The van der Waals surface area contributed by atoms with Crippen molar-refractivity contribution in [2.45, 2.75) is 52.1 Å². The molecule has 1 saturated carbocycles. The Labute approximate surface area is 106 Å². The van der Waals surface area contributed by atoms with Crippen molar-refractivity contribution < 1.29 is 4.79 Å². The van der Waals surface area contributed by atoms with Crippen molar-refractivity contribution in [3.05, 3.63) is 34.4 Å². The first-order chi connectivity index (χ1) is 8.08. The highest BCUT2D eigenvalue weighted by Crippen LogP contribution is 2.37. The summed E-state index contributed by atoms with van der Waals surface area (Å²) in [4.78, 5) is 12.4. The van der Waals surface area contributed by atoms with Gasteiger partial charge in [0.25, 0.3) is 0 Å². The fourth-order valence-electron chi connectivity index (χ4n) is 2.87. The van der Waals surface area contributed by atoms with Crippen LogP contribution in [0.15, 0.2) is 12.1 Å². The maximum Gasteiger partial charge on any atom is 0.181 e. The van der Waals surface area contributed by atoms with Gasteiger partial charge in [0, 0.05) is 5.56 Å². The Morgan fingerprint density at radius 1 is 1.12 bits per heavy atom. The Kier molecular flexibility index (Phi) is 3.99. The number of rotatable bonds is 3. The molecule has 2 rings (SSSR count). The van der Waals surface area contributed by atoms with Gasteiger partial charge in [0.1, 0.15) is 0 Å². The Hall–Kier alpha value is -0.680. The third-order valence-electron chi connectivity index (χ3n) is 3.59. The number of aryl methyl sites for hydroxylation is 3. The zero-order chi connectivity index (χ0) is 12.4.